The highest BCUT2D eigenvalue weighted by Crippen LogP contribution is 2.49. The minimum absolute atomic E-state index is 0.175. The van der Waals surface area contributed by atoms with Crippen LogP contribution < -0.4 is 5.32 Å². The van der Waals surface area contributed by atoms with E-state index >= 15 is 0 Å². The topological polar surface area (TPSA) is 92.4 Å². The van der Waals surface area contributed by atoms with Gasteiger partial charge in [-0.3, -0.25) is 0 Å². The highest BCUT2D eigenvalue weighted by Gasteiger charge is 2.50. The van der Waals surface area contributed by atoms with Crippen LogP contribution in [0.3, 0.4) is 0 Å². The van der Waals surface area contributed by atoms with Gasteiger partial charge in [-0.15, -0.1) is 0 Å². The molecule has 4 rings (SSSR count). The van der Waals surface area contributed by atoms with Crippen LogP contribution in [0.5, 0.6) is 0 Å². The lowest BCUT2D eigenvalue weighted by atomic mass is 9.65. The molecular formula is C28H37N5O2. The Morgan fingerprint density at radius 2 is 1.89 bits per heavy atom. The molecule has 0 radical (unpaired) electrons. The number of ether oxygens (including phenoxy) is 1. The Hall–Kier alpha value is -3.03. The van der Waals surface area contributed by atoms with Gasteiger partial charge in [0.1, 0.15) is 5.60 Å². The summed E-state index contributed by atoms with van der Waals surface area (Å²) in [5, 5.41) is 23.2. The maximum absolute atomic E-state index is 12.5. The van der Waals surface area contributed by atoms with Gasteiger partial charge in [-0.05, 0) is 94.7 Å². The molecule has 0 unspecified atom stereocenters. The van der Waals surface area contributed by atoms with Gasteiger partial charge >= 0.3 is 6.09 Å². The predicted octanol–water partition coefficient (Wildman–Crippen LogP) is 4.91. The average Bonchev–Trinajstić information content (AvgIpc) is 3.24. The maximum atomic E-state index is 12.5. The molecule has 1 aromatic carbocycles. The van der Waals surface area contributed by atoms with Crippen LogP contribution in [0.2, 0.25) is 0 Å². The Bertz CT molecular complexity index is 1080. The second kappa shape index (κ2) is 9.21. The summed E-state index contributed by atoms with van der Waals surface area (Å²) in [4.78, 5) is 16.6. The molecular weight excluding hydrogens is 438 g/mol. The smallest absolute Gasteiger partial charge is 0.410 e. The van der Waals surface area contributed by atoms with Gasteiger partial charge in [0.15, 0.2) is 5.41 Å². The standard InChI is InChI=1S/C28H37N5O2/c1-26(2,3)35-25(34)33-13-10-28(19-33)15-22(16-28)31-21-6-7-24(27(4,17-29)18-30)23(14-21)20-8-11-32(5)12-9-20/h6-8,14,22,31H,9-13,15-16,19H2,1-5H3. The van der Waals surface area contributed by atoms with E-state index in [1.807, 2.05) is 37.8 Å². The summed E-state index contributed by atoms with van der Waals surface area (Å²) in [5.41, 5.74) is 2.51. The number of likely N-dealkylation sites (N-methyl/N-ethyl adjacent to an activating group) is 1. The second-order valence-electron chi connectivity index (χ2n) is 11.8. The van der Waals surface area contributed by atoms with E-state index < -0.39 is 11.0 Å². The van der Waals surface area contributed by atoms with E-state index in [0.29, 0.717) is 6.04 Å². The molecule has 1 saturated heterocycles. The lowest BCUT2D eigenvalue weighted by Crippen LogP contribution is -2.47. The number of nitrogens with zero attached hydrogens (tertiary/aromatic N) is 4. The first kappa shape index (κ1) is 25.1. The third-order valence-corrected chi connectivity index (χ3v) is 7.58. The van der Waals surface area contributed by atoms with Gasteiger partial charge in [0.05, 0.1) is 12.1 Å². The average molecular weight is 476 g/mol. The number of carbonyl (C=O) groups is 1. The van der Waals surface area contributed by atoms with Crippen LogP contribution in [0.1, 0.15) is 64.5 Å². The van der Waals surface area contributed by atoms with Gasteiger partial charge in [0.2, 0.25) is 0 Å². The number of nitriles is 2. The summed E-state index contributed by atoms with van der Waals surface area (Å²) in [5.74, 6) is 0. The first-order valence-electron chi connectivity index (χ1n) is 12.6. The summed E-state index contributed by atoms with van der Waals surface area (Å²) >= 11 is 0. The maximum Gasteiger partial charge on any atom is 0.410 e. The zero-order valence-corrected chi connectivity index (χ0v) is 21.6. The zero-order valence-electron chi connectivity index (χ0n) is 21.6. The van der Waals surface area contributed by atoms with Gasteiger partial charge in [-0.25, -0.2) is 4.79 Å². The number of hydrogen-bond donors (Lipinski definition) is 1. The molecule has 1 spiro atoms. The summed E-state index contributed by atoms with van der Waals surface area (Å²) in [7, 11) is 2.10. The predicted molar refractivity (Wildman–Crippen MR) is 137 cm³/mol. The molecule has 3 aliphatic rings. The molecule has 1 aliphatic carbocycles. The van der Waals surface area contributed by atoms with Crippen molar-refractivity contribution in [2.45, 2.75) is 70.4 Å². The molecule has 1 amide bonds. The number of carbonyl (C=O) groups excluding carboxylic acids is 1. The molecule has 1 N–H and O–H groups in total. The molecule has 2 aliphatic heterocycles. The molecule has 1 aromatic rings. The fourth-order valence-corrected chi connectivity index (χ4v) is 5.57. The van der Waals surface area contributed by atoms with Crippen LogP contribution in [0.4, 0.5) is 10.5 Å². The number of rotatable bonds is 4. The zero-order chi connectivity index (χ0) is 25.4. The quantitative estimate of drug-likeness (QED) is 0.665. The summed E-state index contributed by atoms with van der Waals surface area (Å²) in [6.07, 6.45) is 5.94. The Kier molecular flexibility index (Phi) is 6.60. The summed E-state index contributed by atoms with van der Waals surface area (Å²) in [6, 6.07) is 10.8. The van der Waals surface area contributed by atoms with E-state index in [2.05, 4.69) is 41.5 Å². The summed E-state index contributed by atoms with van der Waals surface area (Å²) < 4.78 is 5.56. The molecule has 0 aromatic heterocycles. The number of benzene rings is 1. The van der Waals surface area contributed by atoms with Gasteiger partial charge in [-0.2, -0.15) is 10.5 Å². The van der Waals surface area contributed by atoms with Crippen molar-refractivity contribution < 1.29 is 9.53 Å². The van der Waals surface area contributed by atoms with Crippen molar-refractivity contribution in [2.24, 2.45) is 5.41 Å². The van der Waals surface area contributed by atoms with E-state index in [1.165, 1.54) is 5.57 Å². The highest BCUT2D eigenvalue weighted by molar-refractivity contribution is 5.75. The first-order chi connectivity index (χ1) is 16.5. The minimum atomic E-state index is -1.19. The Balaban J connectivity index is 1.46. The van der Waals surface area contributed by atoms with E-state index in [0.717, 1.165) is 68.7 Å². The van der Waals surface area contributed by atoms with E-state index in [1.54, 1.807) is 6.92 Å². The Morgan fingerprint density at radius 3 is 2.49 bits per heavy atom. The molecule has 0 bridgehead atoms. The van der Waals surface area contributed by atoms with Crippen molar-refractivity contribution in [1.29, 1.82) is 10.5 Å². The van der Waals surface area contributed by atoms with Crippen LogP contribution in [-0.2, 0) is 10.2 Å². The fraction of sp³-hybridized carbons (Fsp3) is 0.607. The molecule has 1 saturated carbocycles. The SMILES string of the molecule is CN1CC=C(c2cc(NC3CC4(CCN(C(=O)OC(C)(C)C)C4)C3)ccc2C(C)(C#N)C#N)CC1. The van der Waals surface area contributed by atoms with Gasteiger partial charge in [0.25, 0.3) is 0 Å². The van der Waals surface area contributed by atoms with Crippen molar-refractivity contribution in [3.8, 4) is 12.1 Å². The first-order valence-corrected chi connectivity index (χ1v) is 12.6. The van der Waals surface area contributed by atoms with Gasteiger partial charge in [-0.1, -0.05) is 12.1 Å². The van der Waals surface area contributed by atoms with Gasteiger partial charge in [0, 0.05) is 37.9 Å². The molecule has 2 fully saturated rings. The second-order valence-corrected chi connectivity index (χ2v) is 11.8. The molecule has 186 valence electrons. The monoisotopic (exact) mass is 475 g/mol. The lowest BCUT2D eigenvalue weighted by molar-refractivity contribution is 0.0237. The Labute approximate surface area is 209 Å². The molecule has 7 nitrogen and oxygen atoms in total. The van der Waals surface area contributed by atoms with Crippen molar-refractivity contribution in [1.82, 2.24) is 9.80 Å². The van der Waals surface area contributed by atoms with Crippen LogP contribution in [0, 0.1) is 28.1 Å². The summed E-state index contributed by atoms with van der Waals surface area (Å²) in [6.45, 7) is 10.7. The van der Waals surface area contributed by atoms with E-state index in [9.17, 15) is 15.3 Å². The van der Waals surface area contributed by atoms with E-state index in [-0.39, 0.29) is 11.5 Å². The third kappa shape index (κ3) is 5.31. The molecule has 2 heterocycles. The van der Waals surface area contributed by atoms with Crippen molar-refractivity contribution in [2.75, 3.05) is 38.5 Å². The number of hydrogen-bond acceptors (Lipinski definition) is 6. The van der Waals surface area contributed by atoms with Crippen molar-refractivity contribution >= 4 is 17.4 Å². The van der Waals surface area contributed by atoms with E-state index in [4.69, 9.17) is 4.74 Å². The normalized spacial score (nSPS) is 24.8. The Morgan fingerprint density at radius 1 is 1.17 bits per heavy atom. The number of likely N-dealkylation sites (tertiary alicyclic amines) is 1. The molecule has 7 heteroatoms. The minimum Gasteiger partial charge on any atom is -0.444 e. The van der Waals surface area contributed by atoms with Crippen LogP contribution >= 0.6 is 0 Å². The third-order valence-electron chi connectivity index (χ3n) is 7.58. The molecule has 35 heavy (non-hydrogen) atoms. The largest absolute Gasteiger partial charge is 0.444 e. The van der Waals surface area contributed by atoms with Gasteiger partial charge < -0.3 is 19.9 Å². The number of nitrogens with one attached hydrogen (secondary N) is 1. The van der Waals surface area contributed by atoms with Crippen molar-refractivity contribution in [3.63, 3.8) is 0 Å². The number of amides is 1. The van der Waals surface area contributed by atoms with Crippen LogP contribution in [-0.4, -0.2) is 60.8 Å². The fourth-order valence-electron chi connectivity index (χ4n) is 5.57. The van der Waals surface area contributed by atoms with Crippen LogP contribution in [0.15, 0.2) is 24.3 Å². The number of anilines is 1. The van der Waals surface area contributed by atoms with Crippen LogP contribution in [0.25, 0.3) is 5.57 Å². The van der Waals surface area contributed by atoms with Crippen molar-refractivity contribution in [3.05, 3.63) is 35.4 Å². The lowest BCUT2D eigenvalue weighted by Gasteiger charge is -2.46. The molecule has 0 atom stereocenters. The highest BCUT2D eigenvalue weighted by atomic mass is 16.6.